The summed E-state index contributed by atoms with van der Waals surface area (Å²) < 4.78 is 39.2. The molecule has 7 nitrogen and oxygen atoms in total. The van der Waals surface area contributed by atoms with Crippen LogP contribution in [0, 0.1) is 0 Å². The molecule has 2 aromatic rings. The minimum atomic E-state index is -4.55. The van der Waals surface area contributed by atoms with Crippen LogP contribution in [-0.4, -0.2) is 66.8 Å². The van der Waals surface area contributed by atoms with Gasteiger partial charge in [-0.1, -0.05) is 12.1 Å². The van der Waals surface area contributed by atoms with Gasteiger partial charge in [-0.3, -0.25) is 19.3 Å². The summed E-state index contributed by atoms with van der Waals surface area (Å²) in [4.78, 5) is 40.0. The molecule has 33 heavy (non-hydrogen) atoms. The van der Waals surface area contributed by atoms with Crippen molar-refractivity contribution in [2.45, 2.75) is 19.0 Å². The number of nitrogens with zero attached hydrogens (tertiary/aromatic N) is 2. The van der Waals surface area contributed by atoms with Gasteiger partial charge in [-0.15, -0.1) is 0 Å². The number of rotatable bonds is 8. The summed E-state index contributed by atoms with van der Waals surface area (Å²) in [6, 6.07) is 6.59. The Morgan fingerprint density at radius 2 is 1.76 bits per heavy atom. The molecule has 3 rings (SSSR count). The molecule has 1 aromatic heterocycles. The number of hydrogen-bond acceptors (Lipinski definition) is 5. The molecule has 0 saturated carbocycles. The first-order valence-electron chi connectivity index (χ1n) is 10.5. The van der Waals surface area contributed by atoms with Crippen LogP contribution < -0.4 is 10.6 Å². The van der Waals surface area contributed by atoms with Crippen molar-refractivity contribution in [2.24, 2.45) is 0 Å². The van der Waals surface area contributed by atoms with Crippen LogP contribution >= 0.6 is 11.3 Å². The molecule has 2 heterocycles. The largest absolute Gasteiger partial charge is 0.418 e. The van der Waals surface area contributed by atoms with Crippen molar-refractivity contribution in [1.29, 1.82) is 0 Å². The van der Waals surface area contributed by atoms with Crippen molar-refractivity contribution < 1.29 is 27.6 Å². The molecule has 1 aromatic carbocycles. The van der Waals surface area contributed by atoms with Gasteiger partial charge in [0, 0.05) is 50.1 Å². The average molecular weight is 483 g/mol. The highest BCUT2D eigenvalue weighted by Crippen LogP contribution is 2.34. The number of piperazine rings is 1. The maximum absolute atomic E-state index is 13.1. The van der Waals surface area contributed by atoms with E-state index in [0.29, 0.717) is 51.1 Å². The van der Waals surface area contributed by atoms with Gasteiger partial charge in [-0.25, -0.2) is 0 Å². The van der Waals surface area contributed by atoms with Crippen LogP contribution in [0.4, 0.5) is 18.9 Å². The SMILES string of the molecule is O=C(CN1CCN(C(=O)CCCNC(=O)c2ccsc2)CC1)Nc1ccccc1C(F)(F)F. The first kappa shape index (κ1) is 24.7. The van der Waals surface area contributed by atoms with E-state index in [1.54, 1.807) is 21.2 Å². The Labute approximate surface area is 193 Å². The van der Waals surface area contributed by atoms with Gasteiger partial charge in [0.15, 0.2) is 0 Å². The van der Waals surface area contributed by atoms with Crippen LogP contribution in [0.3, 0.4) is 0 Å². The van der Waals surface area contributed by atoms with Crippen LogP contribution in [0.2, 0.25) is 0 Å². The third kappa shape index (κ3) is 7.29. The number of para-hydroxylation sites is 1. The molecule has 1 aliphatic rings. The van der Waals surface area contributed by atoms with Crippen molar-refractivity contribution in [3.63, 3.8) is 0 Å². The van der Waals surface area contributed by atoms with Gasteiger partial charge in [0.05, 0.1) is 17.8 Å². The van der Waals surface area contributed by atoms with Gasteiger partial charge in [0.1, 0.15) is 0 Å². The molecule has 2 N–H and O–H groups in total. The molecular formula is C22H25F3N4O3S. The quantitative estimate of drug-likeness (QED) is 0.567. The topological polar surface area (TPSA) is 81.8 Å². The maximum atomic E-state index is 13.1. The highest BCUT2D eigenvalue weighted by molar-refractivity contribution is 7.08. The lowest BCUT2D eigenvalue weighted by Gasteiger charge is -2.34. The Bertz CT molecular complexity index is 958. The number of anilines is 1. The van der Waals surface area contributed by atoms with E-state index in [1.165, 1.54) is 29.5 Å². The summed E-state index contributed by atoms with van der Waals surface area (Å²) >= 11 is 1.44. The van der Waals surface area contributed by atoms with E-state index >= 15 is 0 Å². The van der Waals surface area contributed by atoms with E-state index < -0.39 is 17.6 Å². The molecule has 1 saturated heterocycles. The molecular weight excluding hydrogens is 457 g/mol. The molecule has 0 aliphatic carbocycles. The van der Waals surface area contributed by atoms with Gasteiger partial charge in [-0.05, 0) is 30.0 Å². The molecule has 3 amide bonds. The standard InChI is InChI=1S/C22H25F3N4O3S/c23-22(24,25)17-4-1-2-5-18(17)27-19(30)14-28-9-11-29(12-10-28)20(31)6-3-8-26-21(32)16-7-13-33-15-16/h1-2,4-5,7,13,15H,3,6,8-12,14H2,(H,26,32)(H,27,30). The summed E-state index contributed by atoms with van der Waals surface area (Å²) in [7, 11) is 0. The number of carbonyl (C=O) groups excluding carboxylic acids is 3. The first-order chi connectivity index (χ1) is 15.7. The Morgan fingerprint density at radius 3 is 2.42 bits per heavy atom. The summed E-state index contributed by atoms with van der Waals surface area (Å²) in [6.45, 7) is 2.13. The van der Waals surface area contributed by atoms with E-state index in [1.807, 2.05) is 5.38 Å². The van der Waals surface area contributed by atoms with Gasteiger partial charge in [-0.2, -0.15) is 24.5 Å². The predicted octanol–water partition coefficient (Wildman–Crippen LogP) is 3.06. The highest BCUT2D eigenvalue weighted by Gasteiger charge is 2.33. The van der Waals surface area contributed by atoms with Crippen LogP contribution in [0.15, 0.2) is 41.1 Å². The van der Waals surface area contributed by atoms with Crippen molar-refractivity contribution in [3.05, 3.63) is 52.2 Å². The third-order valence-corrected chi connectivity index (χ3v) is 5.92. The second-order valence-electron chi connectivity index (χ2n) is 7.62. The zero-order valence-electron chi connectivity index (χ0n) is 17.9. The number of alkyl halides is 3. The number of nitrogens with one attached hydrogen (secondary N) is 2. The minimum Gasteiger partial charge on any atom is -0.352 e. The van der Waals surface area contributed by atoms with Crippen molar-refractivity contribution in [2.75, 3.05) is 44.6 Å². The molecule has 0 spiro atoms. The van der Waals surface area contributed by atoms with Crippen molar-refractivity contribution in [3.8, 4) is 0 Å². The van der Waals surface area contributed by atoms with Crippen LogP contribution in [-0.2, 0) is 15.8 Å². The molecule has 0 radical (unpaired) electrons. The summed E-state index contributed by atoms with van der Waals surface area (Å²) in [5.74, 6) is -0.718. The molecule has 1 fully saturated rings. The smallest absolute Gasteiger partial charge is 0.352 e. The Kier molecular flexibility index (Phi) is 8.45. The fourth-order valence-electron chi connectivity index (χ4n) is 3.48. The number of carbonyl (C=O) groups is 3. The summed E-state index contributed by atoms with van der Waals surface area (Å²) in [5.41, 5.74) is -0.552. The lowest BCUT2D eigenvalue weighted by molar-refractivity contribution is -0.137. The fourth-order valence-corrected chi connectivity index (χ4v) is 4.12. The molecule has 0 bridgehead atoms. The Morgan fingerprint density at radius 1 is 1.03 bits per heavy atom. The van der Waals surface area contributed by atoms with Crippen LogP contribution in [0.25, 0.3) is 0 Å². The molecule has 11 heteroatoms. The third-order valence-electron chi connectivity index (χ3n) is 5.24. The zero-order valence-corrected chi connectivity index (χ0v) is 18.7. The van der Waals surface area contributed by atoms with E-state index in [-0.39, 0.29) is 24.0 Å². The van der Waals surface area contributed by atoms with Gasteiger partial charge in [0.25, 0.3) is 5.91 Å². The number of benzene rings is 1. The van der Waals surface area contributed by atoms with Crippen LogP contribution in [0.1, 0.15) is 28.8 Å². The van der Waals surface area contributed by atoms with Gasteiger partial charge < -0.3 is 15.5 Å². The van der Waals surface area contributed by atoms with E-state index in [0.717, 1.165) is 6.07 Å². The van der Waals surface area contributed by atoms with E-state index in [4.69, 9.17) is 0 Å². The lowest BCUT2D eigenvalue weighted by Crippen LogP contribution is -2.50. The molecule has 0 atom stereocenters. The monoisotopic (exact) mass is 482 g/mol. The predicted molar refractivity (Wildman–Crippen MR) is 119 cm³/mol. The second kappa shape index (κ2) is 11.3. The maximum Gasteiger partial charge on any atom is 0.418 e. The lowest BCUT2D eigenvalue weighted by atomic mass is 10.1. The fraction of sp³-hybridized carbons (Fsp3) is 0.409. The summed E-state index contributed by atoms with van der Waals surface area (Å²) in [5, 5.41) is 8.70. The van der Waals surface area contributed by atoms with Crippen molar-refractivity contribution in [1.82, 2.24) is 15.1 Å². The number of amides is 3. The average Bonchev–Trinajstić information content (AvgIpc) is 3.31. The Balaban J connectivity index is 1.36. The minimum absolute atomic E-state index is 0.0250. The molecule has 1 aliphatic heterocycles. The first-order valence-corrected chi connectivity index (χ1v) is 11.4. The Hall–Kier alpha value is -2.92. The zero-order chi connectivity index (χ0) is 23.8. The molecule has 178 valence electrons. The molecule has 0 unspecified atom stereocenters. The highest BCUT2D eigenvalue weighted by atomic mass is 32.1. The summed E-state index contributed by atoms with van der Waals surface area (Å²) in [6.07, 6.45) is -3.73. The van der Waals surface area contributed by atoms with E-state index in [2.05, 4.69) is 10.6 Å². The van der Waals surface area contributed by atoms with E-state index in [9.17, 15) is 27.6 Å². The number of hydrogen-bond donors (Lipinski definition) is 2. The van der Waals surface area contributed by atoms with Gasteiger partial charge >= 0.3 is 6.18 Å². The van der Waals surface area contributed by atoms with Crippen LogP contribution in [0.5, 0.6) is 0 Å². The number of thiophene rings is 1. The second-order valence-corrected chi connectivity index (χ2v) is 8.40. The van der Waals surface area contributed by atoms with Gasteiger partial charge in [0.2, 0.25) is 11.8 Å². The number of halogens is 3. The van der Waals surface area contributed by atoms with Crippen molar-refractivity contribution >= 4 is 34.7 Å². The normalized spacial score (nSPS) is 14.7.